The Morgan fingerprint density at radius 2 is 1.83 bits per heavy atom. The van der Waals surface area contributed by atoms with Crippen LogP contribution in [-0.4, -0.2) is 28.7 Å². The number of aryl methyl sites for hydroxylation is 3. The fourth-order valence-electron chi connectivity index (χ4n) is 3.71. The maximum atomic E-state index is 6.05. The Kier molecular flexibility index (Phi) is 4.98. The summed E-state index contributed by atoms with van der Waals surface area (Å²) in [6.07, 6.45) is 4.41. The molecule has 0 atom stereocenters. The minimum absolute atomic E-state index is 0. The molecular weight excluding hydrogens is 443 g/mol. The molecule has 0 saturated carbocycles. The van der Waals surface area contributed by atoms with E-state index < -0.39 is 0 Å². The van der Waals surface area contributed by atoms with Gasteiger partial charge in [0, 0.05) is 34.6 Å². The molecule has 126 valence electrons. The summed E-state index contributed by atoms with van der Waals surface area (Å²) < 4.78 is 4.77. The topological polar surface area (TPSA) is 47.1 Å². The lowest BCUT2D eigenvalue weighted by Gasteiger charge is -2.32. The van der Waals surface area contributed by atoms with Crippen LogP contribution in [0.2, 0.25) is 0 Å². The second-order valence-corrected chi connectivity index (χ2v) is 8.01. The van der Waals surface area contributed by atoms with E-state index in [1.54, 1.807) is 0 Å². The highest BCUT2D eigenvalue weighted by Crippen LogP contribution is 2.41. The Bertz CT molecular complexity index is 751. The number of hydrogen-bond acceptors (Lipinski definition) is 3. The number of anilines is 1. The van der Waals surface area contributed by atoms with E-state index in [1.165, 1.54) is 27.5 Å². The van der Waals surface area contributed by atoms with E-state index in [4.69, 9.17) is 10.7 Å². The maximum Gasteiger partial charge on any atom is 0.206 e. The number of nitrogens with zero attached hydrogens (tertiary/aromatic N) is 3. The normalized spacial score (nSPS) is 18.3. The number of benzene rings is 1. The number of rotatable bonds is 1. The van der Waals surface area contributed by atoms with Crippen molar-refractivity contribution in [1.82, 2.24) is 9.55 Å². The van der Waals surface area contributed by atoms with E-state index in [-0.39, 0.29) is 12.4 Å². The number of hydrogen-bond donors (Lipinski definition) is 1. The van der Waals surface area contributed by atoms with Crippen LogP contribution in [0.3, 0.4) is 0 Å². The summed E-state index contributed by atoms with van der Waals surface area (Å²) in [6.45, 7) is 5.24. The highest BCUT2D eigenvalue weighted by atomic mass is 79.9. The SMILES string of the molecule is Cc1c(Br)c(Br)c2c3c1nc(N1CCC(N)CC1)n3CCC2.Cl. The van der Waals surface area contributed by atoms with Gasteiger partial charge in [-0.25, -0.2) is 4.98 Å². The molecule has 0 spiro atoms. The summed E-state index contributed by atoms with van der Waals surface area (Å²) >= 11 is 7.50. The fourth-order valence-corrected chi connectivity index (χ4v) is 4.82. The lowest BCUT2D eigenvalue weighted by molar-refractivity contribution is 0.487. The summed E-state index contributed by atoms with van der Waals surface area (Å²) in [5.74, 6) is 1.14. The monoisotopic (exact) mass is 462 g/mol. The van der Waals surface area contributed by atoms with Crippen LogP contribution in [0, 0.1) is 6.92 Å². The van der Waals surface area contributed by atoms with Crippen LogP contribution in [0.1, 0.15) is 30.4 Å². The van der Waals surface area contributed by atoms with Crippen LogP contribution in [0.4, 0.5) is 5.95 Å². The van der Waals surface area contributed by atoms with Crippen molar-refractivity contribution in [2.24, 2.45) is 5.73 Å². The molecule has 2 aromatic rings. The van der Waals surface area contributed by atoms with Crippen LogP contribution in [-0.2, 0) is 13.0 Å². The number of nitrogens with two attached hydrogens (primary N) is 1. The number of halogens is 3. The molecule has 7 heteroatoms. The fraction of sp³-hybridized carbons (Fsp3) is 0.562. The Hall–Kier alpha value is -0.300. The van der Waals surface area contributed by atoms with E-state index in [0.29, 0.717) is 6.04 Å². The Balaban J connectivity index is 0.00000156. The van der Waals surface area contributed by atoms with Crippen LogP contribution in [0.15, 0.2) is 8.95 Å². The Morgan fingerprint density at radius 1 is 1.13 bits per heavy atom. The van der Waals surface area contributed by atoms with Crippen LogP contribution in [0.5, 0.6) is 0 Å². The highest BCUT2D eigenvalue weighted by Gasteiger charge is 2.27. The Morgan fingerprint density at radius 3 is 2.52 bits per heavy atom. The van der Waals surface area contributed by atoms with Crippen molar-refractivity contribution in [2.75, 3.05) is 18.0 Å². The van der Waals surface area contributed by atoms with E-state index in [1.807, 2.05) is 0 Å². The molecule has 0 bridgehead atoms. The zero-order chi connectivity index (χ0) is 15.4. The van der Waals surface area contributed by atoms with Gasteiger partial charge in [0.05, 0.1) is 11.0 Å². The molecular formula is C16H21Br2ClN4. The molecule has 0 aliphatic carbocycles. The molecule has 2 aliphatic heterocycles. The van der Waals surface area contributed by atoms with Gasteiger partial charge in [0.2, 0.25) is 5.95 Å². The molecule has 4 nitrogen and oxygen atoms in total. The minimum atomic E-state index is 0. The summed E-state index contributed by atoms with van der Waals surface area (Å²) in [7, 11) is 0. The summed E-state index contributed by atoms with van der Waals surface area (Å²) in [6, 6.07) is 0.350. The number of aromatic nitrogens is 2. The first-order valence-corrected chi connectivity index (χ1v) is 9.53. The molecule has 1 fully saturated rings. The second-order valence-electron chi connectivity index (χ2n) is 6.42. The van der Waals surface area contributed by atoms with Gasteiger partial charge in [0.25, 0.3) is 0 Å². The molecule has 0 unspecified atom stereocenters. The largest absolute Gasteiger partial charge is 0.342 e. The first kappa shape index (κ1) is 17.5. The van der Waals surface area contributed by atoms with Crippen molar-refractivity contribution < 1.29 is 0 Å². The maximum absolute atomic E-state index is 6.05. The molecule has 0 amide bonds. The van der Waals surface area contributed by atoms with Gasteiger partial charge in [0.15, 0.2) is 0 Å². The van der Waals surface area contributed by atoms with E-state index in [9.17, 15) is 0 Å². The molecule has 1 saturated heterocycles. The predicted molar refractivity (Wildman–Crippen MR) is 105 cm³/mol. The number of imidazole rings is 1. The van der Waals surface area contributed by atoms with Crippen molar-refractivity contribution in [2.45, 2.75) is 45.2 Å². The average molecular weight is 465 g/mol. The van der Waals surface area contributed by atoms with Gasteiger partial charge in [-0.2, -0.15) is 0 Å². The number of piperidine rings is 1. The Labute approximate surface area is 159 Å². The summed E-state index contributed by atoms with van der Waals surface area (Å²) in [5.41, 5.74) is 11.1. The zero-order valence-electron chi connectivity index (χ0n) is 13.1. The first-order valence-electron chi connectivity index (χ1n) is 7.95. The van der Waals surface area contributed by atoms with Gasteiger partial charge in [0.1, 0.15) is 0 Å². The predicted octanol–water partition coefficient (Wildman–Crippen LogP) is 4.17. The highest BCUT2D eigenvalue weighted by molar-refractivity contribution is 9.13. The molecule has 23 heavy (non-hydrogen) atoms. The first-order chi connectivity index (χ1) is 10.6. The second kappa shape index (κ2) is 6.54. The van der Waals surface area contributed by atoms with E-state index >= 15 is 0 Å². The van der Waals surface area contributed by atoms with Gasteiger partial charge in [-0.1, -0.05) is 0 Å². The van der Waals surface area contributed by atoms with Gasteiger partial charge >= 0.3 is 0 Å². The quantitative estimate of drug-likeness (QED) is 0.689. The van der Waals surface area contributed by atoms with Crippen LogP contribution >= 0.6 is 44.3 Å². The molecule has 1 aromatic heterocycles. The standard InChI is InChI=1S/C16H20Br2N4.ClH/c1-9-12(17)13(18)11-3-2-6-22-15(11)14(9)20-16(22)21-7-4-10(19)5-8-21;/h10H,2-8,19H2,1H3;1H. The third-order valence-corrected chi connectivity index (χ3v) is 7.40. The summed E-state index contributed by atoms with van der Waals surface area (Å²) in [5, 5.41) is 0. The van der Waals surface area contributed by atoms with Crippen molar-refractivity contribution in [3.05, 3.63) is 20.1 Å². The molecule has 2 N–H and O–H groups in total. The third kappa shape index (κ3) is 2.71. The van der Waals surface area contributed by atoms with Gasteiger partial charge in [-0.15, -0.1) is 12.4 Å². The van der Waals surface area contributed by atoms with E-state index in [2.05, 4.69) is 48.3 Å². The van der Waals surface area contributed by atoms with Gasteiger partial charge < -0.3 is 15.2 Å². The molecule has 0 radical (unpaired) electrons. The lowest BCUT2D eigenvalue weighted by Crippen LogP contribution is -2.41. The van der Waals surface area contributed by atoms with Crippen LogP contribution < -0.4 is 10.6 Å². The van der Waals surface area contributed by atoms with Gasteiger partial charge in [-0.05, 0) is 75.6 Å². The summed E-state index contributed by atoms with van der Waals surface area (Å²) in [4.78, 5) is 7.45. The lowest BCUT2D eigenvalue weighted by atomic mass is 10.0. The molecule has 4 rings (SSSR count). The molecule has 1 aromatic carbocycles. The zero-order valence-corrected chi connectivity index (χ0v) is 17.1. The molecule has 2 aliphatic rings. The smallest absolute Gasteiger partial charge is 0.206 e. The van der Waals surface area contributed by atoms with Crippen molar-refractivity contribution in [1.29, 1.82) is 0 Å². The van der Waals surface area contributed by atoms with Crippen molar-refractivity contribution in [3.8, 4) is 0 Å². The van der Waals surface area contributed by atoms with Crippen LogP contribution in [0.25, 0.3) is 11.0 Å². The average Bonchev–Trinajstić information content (AvgIpc) is 2.92. The minimum Gasteiger partial charge on any atom is -0.342 e. The van der Waals surface area contributed by atoms with Crippen molar-refractivity contribution >= 4 is 61.2 Å². The van der Waals surface area contributed by atoms with Gasteiger partial charge in [-0.3, -0.25) is 0 Å². The van der Waals surface area contributed by atoms with E-state index in [0.717, 1.165) is 54.8 Å². The van der Waals surface area contributed by atoms with Crippen molar-refractivity contribution in [3.63, 3.8) is 0 Å². The third-order valence-electron chi connectivity index (χ3n) is 5.01. The molecule has 3 heterocycles.